The van der Waals surface area contributed by atoms with E-state index >= 15 is 0 Å². The van der Waals surface area contributed by atoms with Crippen LogP contribution in [0.2, 0.25) is 0 Å². The average Bonchev–Trinajstić information content (AvgIpc) is 2.55. The number of piperidine rings is 1. The van der Waals surface area contributed by atoms with E-state index in [2.05, 4.69) is 19.2 Å². The van der Waals surface area contributed by atoms with Gasteiger partial charge >= 0.3 is 0 Å². The molecule has 1 aromatic carbocycles. The molecule has 1 saturated heterocycles. The molecule has 1 atom stereocenters. The summed E-state index contributed by atoms with van der Waals surface area (Å²) in [5.41, 5.74) is 2.33. The summed E-state index contributed by atoms with van der Waals surface area (Å²) in [5, 5.41) is 3.09. The molecule has 1 N–H and O–H groups in total. The minimum absolute atomic E-state index is 0.108. The molecule has 4 heteroatoms. The number of rotatable bonds is 4. The van der Waals surface area contributed by atoms with Gasteiger partial charge in [0.1, 0.15) is 0 Å². The molecule has 1 aliphatic heterocycles. The van der Waals surface area contributed by atoms with Crippen molar-refractivity contribution < 1.29 is 9.59 Å². The van der Waals surface area contributed by atoms with Gasteiger partial charge in [0.25, 0.3) is 5.91 Å². The van der Waals surface area contributed by atoms with E-state index in [0.717, 1.165) is 62.0 Å². The number of hydrogen-bond donors (Lipinski definition) is 1. The molecule has 2 amide bonds. The highest BCUT2D eigenvalue weighted by molar-refractivity contribution is 5.98. The maximum Gasteiger partial charge on any atom is 0.253 e. The number of carbonyl (C=O) groups is 2. The molecule has 1 aliphatic carbocycles. The van der Waals surface area contributed by atoms with E-state index in [1.807, 2.05) is 30.0 Å². The van der Waals surface area contributed by atoms with Crippen LogP contribution in [0, 0.1) is 18.3 Å². The Bertz CT molecular complexity index is 658. The van der Waals surface area contributed by atoms with Crippen molar-refractivity contribution in [3.05, 3.63) is 29.3 Å². The Morgan fingerprint density at radius 1 is 1.28 bits per heavy atom. The van der Waals surface area contributed by atoms with Crippen molar-refractivity contribution >= 4 is 17.5 Å². The highest BCUT2D eigenvalue weighted by Crippen LogP contribution is 2.44. The van der Waals surface area contributed by atoms with Gasteiger partial charge in [0.05, 0.1) is 0 Å². The minimum Gasteiger partial charge on any atom is -0.338 e. The average molecular weight is 342 g/mol. The smallest absolute Gasteiger partial charge is 0.253 e. The molecule has 1 saturated carbocycles. The SMILES string of the molecule is CCC1(C(=O)Nc2ccc(C(=O)N3CCCC(C)C3)cc2C)CCC1. The second-order valence-electron chi connectivity index (χ2n) is 7.97. The normalized spacial score (nSPS) is 22.2. The van der Waals surface area contributed by atoms with Gasteiger partial charge in [-0.3, -0.25) is 9.59 Å². The Hall–Kier alpha value is -1.84. The second kappa shape index (κ2) is 7.19. The van der Waals surface area contributed by atoms with Gasteiger partial charge in [0, 0.05) is 29.8 Å². The van der Waals surface area contributed by atoms with Gasteiger partial charge in [-0.1, -0.05) is 20.3 Å². The van der Waals surface area contributed by atoms with Gasteiger partial charge in [0.2, 0.25) is 5.91 Å². The Morgan fingerprint density at radius 2 is 2.04 bits per heavy atom. The molecular formula is C21H30N2O2. The van der Waals surface area contributed by atoms with Crippen molar-refractivity contribution in [3.63, 3.8) is 0 Å². The number of nitrogens with zero attached hydrogens (tertiary/aromatic N) is 1. The maximum atomic E-state index is 12.7. The zero-order valence-corrected chi connectivity index (χ0v) is 15.7. The zero-order valence-electron chi connectivity index (χ0n) is 15.7. The first kappa shape index (κ1) is 18.0. The summed E-state index contributed by atoms with van der Waals surface area (Å²) >= 11 is 0. The molecule has 0 spiro atoms. The summed E-state index contributed by atoms with van der Waals surface area (Å²) in [5.74, 6) is 0.815. The van der Waals surface area contributed by atoms with E-state index in [4.69, 9.17) is 0 Å². The molecule has 4 nitrogen and oxygen atoms in total. The number of benzene rings is 1. The number of anilines is 1. The van der Waals surface area contributed by atoms with Crippen LogP contribution in [0.1, 0.15) is 68.3 Å². The number of hydrogen-bond acceptors (Lipinski definition) is 2. The summed E-state index contributed by atoms with van der Waals surface area (Å²) in [6.45, 7) is 7.94. The zero-order chi connectivity index (χ0) is 18.0. The molecule has 0 bridgehead atoms. The van der Waals surface area contributed by atoms with Crippen LogP contribution in [0.4, 0.5) is 5.69 Å². The van der Waals surface area contributed by atoms with Gasteiger partial charge in [-0.25, -0.2) is 0 Å². The van der Waals surface area contributed by atoms with Crippen molar-refractivity contribution in [3.8, 4) is 0 Å². The fourth-order valence-electron chi connectivity index (χ4n) is 4.09. The molecule has 1 aromatic rings. The molecule has 0 radical (unpaired) electrons. The molecular weight excluding hydrogens is 312 g/mol. The van der Waals surface area contributed by atoms with Crippen LogP contribution < -0.4 is 5.32 Å². The summed E-state index contributed by atoms with van der Waals surface area (Å²) in [6, 6.07) is 5.65. The Morgan fingerprint density at radius 3 is 2.60 bits per heavy atom. The molecule has 136 valence electrons. The molecule has 2 fully saturated rings. The van der Waals surface area contributed by atoms with Crippen LogP contribution in [0.3, 0.4) is 0 Å². The summed E-state index contributed by atoms with van der Waals surface area (Å²) < 4.78 is 0. The maximum absolute atomic E-state index is 12.7. The van der Waals surface area contributed by atoms with E-state index in [1.54, 1.807) is 0 Å². The van der Waals surface area contributed by atoms with Crippen molar-refractivity contribution in [1.82, 2.24) is 4.90 Å². The number of carbonyl (C=O) groups excluding carboxylic acids is 2. The quantitative estimate of drug-likeness (QED) is 0.882. The Kier molecular flexibility index (Phi) is 5.16. The number of likely N-dealkylation sites (tertiary alicyclic amines) is 1. The summed E-state index contributed by atoms with van der Waals surface area (Å²) in [4.78, 5) is 27.3. The lowest BCUT2D eigenvalue weighted by Crippen LogP contribution is -2.41. The molecule has 25 heavy (non-hydrogen) atoms. The monoisotopic (exact) mass is 342 g/mol. The highest BCUT2D eigenvalue weighted by Gasteiger charge is 2.42. The summed E-state index contributed by atoms with van der Waals surface area (Å²) in [7, 11) is 0. The minimum atomic E-state index is -0.176. The first-order chi connectivity index (χ1) is 11.9. The third kappa shape index (κ3) is 3.58. The van der Waals surface area contributed by atoms with Crippen molar-refractivity contribution in [1.29, 1.82) is 0 Å². The van der Waals surface area contributed by atoms with Crippen LogP contribution in [-0.2, 0) is 4.79 Å². The number of nitrogens with one attached hydrogen (secondary N) is 1. The molecule has 3 rings (SSSR count). The van der Waals surface area contributed by atoms with Crippen LogP contribution in [0.5, 0.6) is 0 Å². The van der Waals surface area contributed by atoms with Crippen LogP contribution >= 0.6 is 0 Å². The van der Waals surface area contributed by atoms with E-state index in [0.29, 0.717) is 5.92 Å². The molecule has 1 heterocycles. The summed E-state index contributed by atoms with van der Waals surface area (Å²) in [6.07, 6.45) is 6.28. The topological polar surface area (TPSA) is 49.4 Å². The van der Waals surface area contributed by atoms with Crippen molar-refractivity contribution in [2.45, 2.75) is 59.3 Å². The van der Waals surface area contributed by atoms with Crippen LogP contribution in [0.15, 0.2) is 18.2 Å². The van der Waals surface area contributed by atoms with Crippen molar-refractivity contribution in [2.75, 3.05) is 18.4 Å². The predicted molar refractivity (Wildman–Crippen MR) is 101 cm³/mol. The van der Waals surface area contributed by atoms with E-state index < -0.39 is 0 Å². The number of amides is 2. The predicted octanol–water partition coefficient (Wildman–Crippen LogP) is 4.39. The van der Waals surface area contributed by atoms with E-state index in [9.17, 15) is 9.59 Å². The molecule has 1 unspecified atom stereocenters. The fourth-order valence-corrected chi connectivity index (χ4v) is 4.09. The van der Waals surface area contributed by atoms with Gasteiger partial charge in [0.15, 0.2) is 0 Å². The van der Waals surface area contributed by atoms with E-state index in [-0.39, 0.29) is 17.2 Å². The van der Waals surface area contributed by atoms with Crippen molar-refractivity contribution in [2.24, 2.45) is 11.3 Å². The first-order valence-corrected chi connectivity index (χ1v) is 9.66. The lowest BCUT2D eigenvalue weighted by molar-refractivity contribution is -0.130. The highest BCUT2D eigenvalue weighted by atomic mass is 16.2. The van der Waals surface area contributed by atoms with Gasteiger partial charge in [-0.15, -0.1) is 0 Å². The lowest BCUT2D eigenvalue weighted by atomic mass is 9.66. The third-order valence-electron chi connectivity index (χ3n) is 6.13. The first-order valence-electron chi connectivity index (χ1n) is 9.66. The molecule has 0 aromatic heterocycles. The fraction of sp³-hybridized carbons (Fsp3) is 0.619. The standard InChI is InChI=1S/C21H30N2O2/c1-4-21(10-6-11-21)20(25)22-18-9-8-17(13-16(18)3)19(24)23-12-5-7-15(2)14-23/h8-9,13,15H,4-7,10-12,14H2,1-3H3,(H,22,25). The van der Waals surface area contributed by atoms with Gasteiger partial charge in [-0.05, 0) is 68.7 Å². The molecule has 2 aliphatic rings. The Labute approximate surface area is 151 Å². The Balaban J connectivity index is 1.70. The third-order valence-corrected chi connectivity index (χ3v) is 6.13. The van der Waals surface area contributed by atoms with Gasteiger partial charge < -0.3 is 10.2 Å². The number of aryl methyl sites for hydroxylation is 1. The largest absolute Gasteiger partial charge is 0.338 e. The van der Waals surface area contributed by atoms with Crippen LogP contribution in [0.25, 0.3) is 0 Å². The lowest BCUT2D eigenvalue weighted by Gasteiger charge is -2.39. The van der Waals surface area contributed by atoms with Gasteiger partial charge in [-0.2, -0.15) is 0 Å². The second-order valence-corrected chi connectivity index (χ2v) is 7.97. The van der Waals surface area contributed by atoms with E-state index in [1.165, 1.54) is 6.42 Å². The van der Waals surface area contributed by atoms with Crippen LogP contribution in [-0.4, -0.2) is 29.8 Å².